The van der Waals surface area contributed by atoms with Gasteiger partial charge in [-0.2, -0.15) is 0 Å². The number of thiazole rings is 1. The van der Waals surface area contributed by atoms with Crippen molar-refractivity contribution in [3.05, 3.63) is 15.6 Å². The molecule has 70 valence electrons. The molecule has 0 aliphatic rings. The molecule has 0 unspecified atom stereocenters. The molecule has 6 heteroatoms. The molecule has 2 nitrogen and oxygen atoms in total. The molecule has 0 aliphatic carbocycles. The minimum Gasteiger partial charge on any atom is -0.325 e. The molecule has 1 aromatic heterocycles. The molecule has 0 saturated carbocycles. The molecule has 0 aromatic carbocycles. The summed E-state index contributed by atoms with van der Waals surface area (Å²) in [6.07, 6.45) is -2.42. The molecule has 0 atom stereocenters. The van der Waals surface area contributed by atoms with Crippen molar-refractivity contribution in [2.75, 3.05) is 0 Å². The van der Waals surface area contributed by atoms with Gasteiger partial charge in [0.05, 0.1) is 10.6 Å². The van der Waals surface area contributed by atoms with Crippen molar-refractivity contribution in [1.82, 2.24) is 4.98 Å². The van der Waals surface area contributed by atoms with E-state index in [1.165, 1.54) is 0 Å². The minimum atomic E-state index is -2.42. The van der Waals surface area contributed by atoms with E-state index in [2.05, 4.69) is 4.98 Å². The van der Waals surface area contributed by atoms with Crippen LogP contribution in [0.15, 0.2) is 0 Å². The van der Waals surface area contributed by atoms with E-state index in [1.54, 1.807) is 6.92 Å². The molecular formula is C6H9ClF2N2S. The first kappa shape index (κ1) is 11.7. The Balaban J connectivity index is 0.00000121. The number of nitrogens with zero attached hydrogens (tertiary/aromatic N) is 1. The lowest BCUT2D eigenvalue weighted by atomic mass is 10.4. The smallest absolute Gasteiger partial charge is 0.274 e. The van der Waals surface area contributed by atoms with Crippen LogP contribution < -0.4 is 5.73 Å². The summed E-state index contributed by atoms with van der Waals surface area (Å²) < 4.78 is 24.2. The largest absolute Gasteiger partial charge is 0.325 e. The van der Waals surface area contributed by atoms with Crippen LogP contribution in [0.1, 0.15) is 22.0 Å². The van der Waals surface area contributed by atoms with Crippen LogP contribution >= 0.6 is 23.7 Å². The van der Waals surface area contributed by atoms with Crippen molar-refractivity contribution in [1.29, 1.82) is 0 Å². The number of halogens is 3. The number of rotatable bonds is 2. The summed E-state index contributed by atoms with van der Waals surface area (Å²) >= 11 is 0.981. The molecular weight excluding hydrogens is 206 g/mol. The third-order valence-corrected chi connectivity index (χ3v) is 2.44. The quantitative estimate of drug-likeness (QED) is 0.820. The number of nitrogens with two attached hydrogens (primary N) is 1. The van der Waals surface area contributed by atoms with Gasteiger partial charge in [0, 0.05) is 6.54 Å². The first-order chi connectivity index (χ1) is 5.15. The molecule has 0 fully saturated rings. The maximum absolute atomic E-state index is 12.1. The highest BCUT2D eigenvalue weighted by atomic mass is 35.5. The van der Waals surface area contributed by atoms with Crippen LogP contribution in [0.3, 0.4) is 0 Å². The van der Waals surface area contributed by atoms with Gasteiger partial charge >= 0.3 is 0 Å². The van der Waals surface area contributed by atoms with Crippen molar-refractivity contribution < 1.29 is 8.78 Å². The van der Waals surface area contributed by atoms with Crippen LogP contribution in [0, 0.1) is 6.92 Å². The van der Waals surface area contributed by atoms with Crippen LogP contribution in [0.2, 0.25) is 0 Å². The Morgan fingerprint density at radius 2 is 2.17 bits per heavy atom. The molecule has 1 aromatic rings. The predicted molar refractivity (Wildman–Crippen MR) is 46.9 cm³/mol. The lowest BCUT2D eigenvalue weighted by molar-refractivity contribution is 0.154. The first-order valence-electron chi connectivity index (χ1n) is 3.09. The van der Waals surface area contributed by atoms with E-state index in [4.69, 9.17) is 5.73 Å². The monoisotopic (exact) mass is 214 g/mol. The third kappa shape index (κ3) is 2.36. The summed E-state index contributed by atoms with van der Waals surface area (Å²) in [7, 11) is 0. The number of aryl methyl sites for hydroxylation is 1. The normalized spacial score (nSPS) is 10.1. The van der Waals surface area contributed by atoms with Crippen molar-refractivity contribution in [3.8, 4) is 0 Å². The third-order valence-electron chi connectivity index (χ3n) is 1.25. The van der Waals surface area contributed by atoms with Crippen LogP contribution in [-0.4, -0.2) is 4.98 Å². The second-order valence-electron chi connectivity index (χ2n) is 2.06. The fourth-order valence-electron chi connectivity index (χ4n) is 0.756. The van der Waals surface area contributed by atoms with Gasteiger partial charge in [-0.25, -0.2) is 13.8 Å². The van der Waals surface area contributed by atoms with E-state index in [0.29, 0.717) is 10.7 Å². The molecule has 0 amide bonds. The minimum absolute atomic E-state index is 0. The standard InChI is InChI=1S/C6H8F2N2S.ClH/c1-3-5(6(7)8)11-4(2-9)10-3;/h6H,2,9H2,1H3;1H. The van der Waals surface area contributed by atoms with Gasteiger partial charge in [0.15, 0.2) is 0 Å². The van der Waals surface area contributed by atoms with Crippen LogP contribution in [0.25, 0.3) is 0 Å². The Kier molecular flexibility index (Phi) is 4.59. The van der Waals surface area contributed by atoms with Crippen LogP contribution in [-0.2, 0) is 6.54 Å². The van der Waals surface area contributed by atoms with Crippen molar-refractivity contribution in [3.63, 3.8) is 0 Å². The second kappa shape index (κ2) is 4.69. The Bertz CT molecular complexity index is 252. The predicted octanol–water partition coefficient (Wildman–Crippen LogP) is 2.27. The number of alkyl halides is 2. The number of hydrogen-bond donors (Lipinski definition) is 1. The van der Waals surface area contributed by atoms with E-state index in [0.717, 1.165) is 11.3 Å². The molecule has 1 rings (SSSR count). The highest BCUT2D eigenvalue weighted by Crippen LogP contribution is 2.28. The van der Waals surface area contributed by atoms with E-state index in [9.17, 15) is 8.78 Å². The van der Waals surface area contributed by atoms with Crippen molar-refractivity contribution in [2.24, 2.45) is 5.73 Å². The Labute approximate surface area is 79.2 Å². The van der Waals surface area contributed by atoms with Gasteiger partial charge in [0.1, 0.15) is 5.01 Å². The van der Waals surface area contributed by atoms with E-state index in [1.807, 2.05) is 0 Å². The SMILES string of the molecule is Cc1nc(CN)sc1C(F)F.Cl. The molecule has 0 spiro atoms. The van der Waals surface area contributed by atoms with Gasteiger partial charge in [-0.15, -0.1) is 23.7 Å². The van der Waals surface area contributed by atoms with Crippen molar-refractivity contribution >= 4 is 23.7 Å². The summed E-state index contributed by atoms with van der Waals surface area (Å²) in [5.74, 6) is 0. The molecule has 2 N–H and O–H groups in total. The van der Waals surface area contributed by atoms with Gasteiger partial charge in [-0.3, -0.25) is 0 Å². The zero-order valence-corrected chi connectivity index (χ0v) is 8.01. The lowest BCUT2D eigenvalue weighted by Gasteiger charge is -1.91. The maximum atomic E-state index is 12.1. The van der Waals surface area contributed by atoms with E-state index in [-0.39, 0.29) is 23.8 Å². The zero-order chi connectivity index (χ0) is 8.43. The maximum Gasteiger partial charge on any atom is 0.274 e. The zero-order valence-electron chi connectivity index (χ0n) is 6.38. The number of hydrogen-bond acceptors (Lipinski definition) is 3. The van der Waals surface area contributed by atoms with Crippen molar-refractivity contribution in [2.45, 2.75) is 19.9 Å². The Morgan fingerprint density at radius 1 is 1.58 bits per heavy atom. The Morgan fingerprint density at radius 3 is 2.42 bits per heavy atom. The van der Waals surface area contributed by atoms with Gasteiger partial charge in [-0.05, 0) is 6.92 Å². The highest BCUT2D eigenvalue weighted by molar-refractivity contribution is 7.11. The molecule has 0 saturated heterocycles. The fraction of sp³-hybridized carbons (Fsp3) is 0.500. The average Bonchev–Trinajstić information content (AvgIpc) is 2.30. The molecule has 0 bridgehead atoms. The summed E-state index contributed by atoms with van der Waals surface area (Å²) in [6, 6.07) is 0. The lowest BCUT2D eigenvalue weighted by Crippen LogP contribution is -1.94. The second-order valence-corrected chi connectivity index (χ2v) is 3.18. The summed E-state index contributed by atoms with van der Waals surface area (Å²) in [5, 5.41) is 0.567. The molecule has 12 heavy (non-hydrogen) atoms. The first-order valence-corrected chi connectivity index (χ1v) is 3.91. The van der Waals surface area contributed by atoms with Gasteiger partial charge in [0.2, 0.25) is 0 Å². The van der Waals surface area contributed by atoms with Crippen LogP contribution in [0.4, 0.5) is 8.78 Å². The van der Waals surface area contributed by atoms with E-state index >= 15 is 0 Å². The molecule has 0 radical (unpaired) electrons. The molecule has 1 heterocycles. The fourth-order valence-corrected chi connectivity index (χ4v) is 1.56. The summed E-state index contributed by atoms with van der Waals surface area (Å²) in [5.41, 5.74) is 5.63. The van der Waals surface area contributed by atoms with Gasteiger partial charge in [0.25, 0.3) is 6.43 Å². The Hall–Kier alpha value is -0.260. The van der Waals surface area contributed by atoms with Gasteiger partial charge < -0.3 is 5.73 Å². The van der Waals surface area contributed by atoms with Crippen LogP contribution in [0.5, 0.6) is 0 Å². The topological polar surface area (TPSA) is 38.9 Å². The van der Waals surface area contributed by atoms with Gasteiger partial charge in [-0.1, -0.05) is 0 Å². The molecule has 0 aliphatic heterocycles. The number of aromatic nitrogens is 1. The van der Waals surface area contributed by atoms with E-state index < -0.39 is 6.43 Å². The highest BCUT2D eigenvalue weighted by Gasteiger charge is 2.15. The summed E-state index contributed by atoms with van der Waals surface area (Å²) in [6.45, 7) is 1.80. The summed E-state index contributed by atoms with van der Waals surface area (Å²) in [4.78, 5) is 3.90. The average molecular weight is 215 g/mol.